The molecule has 2 rings (SSSR count). The summed E-state index contributed by atoms with van der Waals surface area (Å²) in [5.41, 5.74) is 1.91. The Hall–Kier alpha value is -1.96. The third-order valence-electron chi connectivity index (χ3n) is 2.71. The van der Waals surface area contributed by atoms with Gasteiger partial charge in [-0.1, -0.05) is 60.4 Å². The van der Waals surface area contributed by atoms with Crippen molar-refractivity contribution in [2.45, 2.75) is 6.92 Å². The maximum absolute atomic E-state index is 12.1. The second-order valence-electron chi connectivity index (χ2n) is 4.44. The van der Waals surface area contributed by atoms with Gasteiger partial charge in [-0.15, -0.1) is 0 Å². The molecule has 0 saturated carbocycles. The maximum atomic E-state index is 12.1. The van der Waals surface area contributed by atoms with Crippen molar-refractivity contribution in [2.75, 3.05) is 6.54 Å². The van der Waals surface area contributed by atoms with Gasteiger partial charge < -0.3 is 16.1 Å². The highest BCUT2D eigenvalue weighted by atomic mass is 32.2. The molecule has 1 aromatic carbocycles. The quantitative estimate of drug-likeness (QED) is 0.669. The number of quaternary nitrogens is 1. The lowest BCUT2D eigenvalue weighted by molar-refractivity contribution is -0.305. The Labute approximate surface area is 138 Å². The van der Waals surface area contributed by atoms with E-state index >= 15 is 0 Å². The molecule has 0 spiro atoms. The van der Waals surface area contributed by atoms with Gasteiger partial charge in [-0.3, -0.25) is 9.69 Å². The Bertz CT molecular complexity index is 654. The van der Waals surface area contributed by atoms with E-state index in [0.717, 1.165) is 27.8 Å². The predicted octanol–water partition coefficient (Wildman–Crippen LogP) is 1.96. The number of carbonyl (C=O) groups excluding carboxylic acids is 2. The number of carboxylic acids is 1. The minimum atomic E-state index is -1.33. The molecule has 1 aliphatic rings. The van der Waals surface area contributed by atoms with Crippen molar-refractivity contribution >= 4 is 46.3 Å². The summed E-state index contributed by atoms with van der Waals surface area (Å²) in [4.78, 5) is 24.1. The first kappa shape index (κ1) is 18.1. The number of nitrogens with zero attached hydrogens (tertiary/aromatic N) is 1. The average Bonchev–Trinajstić information content (AvgIpc) is 2.67. The van der Waals surface area contributed by atoms with Crippen LogP contribution in [0.25, 0.3) is 6.08 Å². The van der Waals surface area contributed by atoms with Crippen LogP contribution in [0.2, 0.25) is 0 Å². The van der Waals surface area contributed by atoms with Crippen LogP contribution in [0.4, 0.5) is 0 Å². The maximum Gasteiger partial charge on any atom is 0.266 e. The van der Waals surface area contributed by atoms with Gasteiger partial charge in [-0.2, -0.15) is 0 Å². The highest BCUT2D eigenvalue weighted by molar-refractivity contribution is 8.26. The van der Waals surface area contributed by atoms with Crippen molar-refractivity contribution in [3.05, 3.63) is 52.4 Å². The molecular weight excluding hydrogens is 320 g/mol. The van der Waals surface area contributed by atoms with Gasteiger partial charge in [0.25, 0.3) is 5.91 Å². The summed E-state index contributed by atoms with van der Waals surface area (Å²) in [6, 6.07) is 9.70. The molecule has 4 N–H and O–H groups in total. The number of carbonyl (C=O) groups is 2. The SMILES string of the molecule is CC(/C=C1\SC(=S)N(CC(=O)[O-])C1=O)=C\c1ccccc1.[NH4+]. The molecule has 0 aromatic heterocycles. The van der Waals surface area contributed by atoms with Crippen LogP contribution >= 0.6 is 24.0 Å². The van der Waals surface area contributed by atoms with Crippen molar-refractivity contribution in [1.29, 1.82) is 0 Å². The van der Waals surface area contributed by atoms with Crippen molar-refractivity contribution in [2.24, 2.45) is 0 Å². The second-order valence-corrected chi connectivity index (χ2v) is 6.11. The smallest absolute Gasteiger partial charge is 0.266 e. The Morgan fingerprint density at radius 1 is 1.36 bits per heavy atom. The summed E-state index contributed by atoms with van der Waals surface area (Å²) in [6.45, 7) is 1.36. The number of hydrogen-bond donors (Lipinski definition) is 1. The molecule has 0 unspecified atom stereocenters. The molecule has 7 heteroatoms. The van der Waals surface area contributed by atoms with Gasteiger partial charge in [0.2, 0.25) is 0 Å². The summed E-state index contributed by atoms with van der Waals surface area (Å²) in [6.07, 6.45) is 3.65. The van der Waals surface area contributed by atoms with Crippen LogP contribution in [-0.2, 0) is 9.59 Å². The van der Waals surface area contributed by atoms with E-state index in [1.807, 2.05) is 43.3 Å². The lowest BCUT2D eigenvalue weighted by atomic mass is 10.1. The minimum absolute atomic E-state index is 0. The zero-order valence-electron chi connectivity index (χ0n) is 12.2. The molecule has 1 saturated heterocycles. The number of benzene rings is 1. The van der Waals surface area contributed by atoms with Crippen LogP contribution in [0, 0.1) is 0 Å². The van der Waals surface area contributed by atoms with Gasteiger partial charge in [0.05, 0.1) is 17.4 Å². The monoisotopic (exact) mass is 336 g/mol. The van der Waals surface area contributed by atoms with E-state index in [1.165, 1.54) is 0 Å². The molecule has 1 amide bonds. The first-order valence-corrected chi connectivity index (χ1v) is 7.38. The zero-order chi connectivity index (χ0) is 15.4. The van der Waals surface area contributed by atoms with Crippen LogP contribution in [0.3, 0.4) is 0 Å². The lowest BCUT2D eigenvalue weighted by Gasteiger charge is -2.14. The number of aliphatic carboxylic acids is 1. The van der Waals surface area contributed by atoms with Crippen LogP contribution in [-0.4, -0.2) is 27.6 Å². The van der Waals surface area contributed by atoms with E-state index in [9.17, 15) is 14.7 Å². The molecule has 0 radical (unpaired) electrons. The fraction of sp³-hybridized carbons (Fsp3) is 0.133. The Morgan fingerprint density at radius 2 is 2.00 bits per heavy atom. The van der Waals surface area contributed by atoms with Gasteiger partial charge in [0.1, 0.15) is 4.32 Å². The Kier molecular flexibility index (Phi) is 6.48. The van der Waals surface area contributed by atoms with E-state index in [-0.39, 0.29) is 10.5 Å². The predicted molar refractivity (Wildman–Crippen MR) is 91.1 cm³/mol. The number of hydrogen-bond acceptors (Lipinski definition) is 5. The standard InChI is InChI=1S/C15H13NO3S2.H3N/c1-10(7-11-5-3-2-4-6-11)8-12-14(19)16(9-13(17)18)15(20)21-12;/h2-8H,9H2,1H3,(H,17,18);1H3/b10-7+,12-8-;. The van der Waals surface area contributed by atoms with Crippen LogP contribution in [0.15, 0.2) is 46.9 Å². The van der Waals surface area contributed by atoms with Crippen molar-refractivity contribution in [3.8, 4) is 0 Å². The van der Waals surface area contributed by atoms with E-state index < -0.39 is 18.4 Å². The molecule has 1 aromatic rings. The zero-order valence-corrected chi connectivity index (χ0v) is 13.9. The summed E-state index contributed by atoms with van der Waals surface area (Å²) in [5.74, 6) is -1.72. The second kappa shape index (κ2) is 7.88. The van der Waals surface area contributed by atoms with Crippen molar-refractivity contribution < 1.29 is 14.7 Å². The lowest BCUT2D eigenvalue weighted by Crippen LogP contribution is -2.40. The highest BCUT2D eigenvalue weighted by Gasteiger charge is 2.31. The number of amides is 1. The third kappa shape index (κ3) is 4.52. The van der Waals surface area contributed by atoms with Gasteiger partial charge in [-0.25, -0.2) is 0 Å². The Balaban J connectivity index is 0.00000242. The fourth-order valence-corrected chi connectivity index (χ4v) is 3.13. The van der Waals surface area contributed by atoms with E-state index in [2.05, 4.69) is 0 Å². The molecular formula is C15H16N2O3S2. The first-order chi connectivity index (χ1) is 9.97. The summed E-state index contributed by atoms with van der Waals surface area (Å²) in [7, 11) is 0. The van der Waals surface area contributed by atoms with Crippen LogP contribution in [0.1, 0.15) is 12.5 Å². The van der Waals surface area contributed by atoms with E-state index in [1.54, 1.807) is 6.08 Å². The van der Waals surface area contributed by atoms with E-state index in [0.29, 0.717) is 4.91 Å². The molecule has 116 valence electrons. The topological polar surface area (TPSA) is 96.9 Å². The van der Waals surface area contributed by atoms with Gasteiger partial charge in [0.15, 0.2) is 0 Å². The largest absolute Gasteiger partial charge is 0.548 e. The molecule has 1 fully saturated rings. The number of rotatable bonds is 4. The summed E-state index contributed by atoms with van der Waals surface area (Å²) >= 11 is 6.11. The third-order valence-corrected chi connectivity index (χ3v) is 4.09. The number of carboxylic acid groups (broad SMARTS) is 1. The molecule has 1 heterocycles. The van der Waals surface area contributed by atoms with Gasteiger partial charge in [0, 0.05) is 0 Å². The number of thiocarbonyl (C=S) groups is 1. The molecule has 0 atom stereocenters. The highest BCUT2D eigenvalue weighted by Crippen LogP contribution is 2.31. The molecule has 22 heavy (non-hydrogen) atoms. The van der Waals surface area contributed by atoms with E-state index in [4.69, 9.17) is 12.2 Å². The first-order valence-electron chi connectivity index (χ1n) is 6.16. The number of thioether (sulfide) groups is 1. The molecule has 0 bridgehead atoms. The molecule has 1 aliphatic heterocycles. The van der Waals surface area contributed by atoms with Gasteiger partial charge >= 0.3 is 0 Å². The molecule has 0 aliphatic carbocycles. The normalized spacial score (nSPS) is 16.9. The van der Waals surface area contributed by atoms with Crippen molar-refractivity contribution in [1.82, 2.24) is 11.1 Å². The molecule has 5 nitrogen and oxygen atoms in total. The summed E-state index contributed by atoms with van der Waals surface area (Å²) < 4.78 is 0.239. The Morgan fingerprint density at radius 3 is 2.59 bits per heavy atom. The minimum Gasteiger partial charge on any atom is -0.548 e. The fourth-order valence-electron chi connectivity index (χ4n) is 1.83. The van der Waals surface area contributed by atoms with Crippen molar-refractivity contribution in [3.63, 3.8) is 0 Å². The van der Waals surface area contributed by atoms with Gasteiger partial charge in [-0.05, 0) is 24.1 Å². The average molecular weight is 336 g/mol. The number of allylic oxidation sites excluding steroid dienone is 2. The van der Waals surface area contributed by atoms with Crippen LogP contribution < -0.4 is 11.3 Å². The van der Waals surface area contributed by atoms with Crippen LogP contribution in [0.5, 0.6) is 0 Å². The summed E-state index contributed by atoms with van der Waals surface area (Å²) in [5, 5.41) is 10.6.